The topological polar surface area (TPSA) is 26.3 Å². The van der Waals surface area contributed by atoms with Gasteiger partial charge in [0.1, 0.15) is 0 Å². The lowest BCUT2D eigenvalue weighted by molar-refractivity contribution is -0.145. The third-order valence-corrected chi connectivity index (χ3v) is 5.33. The first-order valence-electron chi connectivity index (χ1n) is 11.8. The zero-order chi connectivity index (χ0) is 19.5. The Labute approximate surface area is 164 Å². The molecule has 0 amide bonds. The fourth-order valence-corrected chi connectivity index (χ4v) is 3.56. The van der Waals surface area contributed by atoms with Crippen LogP contribution in [-0.2, 0) is 9.53 Å². The second-order valence-electron chi connectivity index (χ2n) is 8.59. The van der Waals surface area contributed by atoms with Gasteiger partial charge in [-0.05, 0) is 31.1 Å². The number of unbranched alkanes of at least 4 members (excludes halogenated alkanes) is 9. The maximum absolute atomic E-state index is 12.2. The summed E-state index contributed by atoms with van der Waals surface area (Å²) in [5, 5.41) is 0. The maximum atomic E-state index is 12.2. The summed E-state index contributed by atoms with van der Waals surface area (Å²) in [6.45, 7) is 9.69. The number of carbonyl (C=O) groups is 1. The Morgan fingerprint density at radius 1 is 0.692 bits per heavy atom. The molecule has 2 nitrogen and oxygen atoms in total. The SMILES string of the molecule is CCCCCCC(CCCCCC)CC(=O)OCCCCCCC(C)C. The minimum atomic E-state index is 0.0446. The highest BCUT2D eigenvalue weighted by atomic mass is 16.5. The summed E-state index contributed by atoms with van der Waals surface area (Å²) in [6.07, 6.45) is 19.5. The molecule has 0 aromatic heterocycles. The van der Waals surface area contributed by atoms with Gasteiger partial charge in [0, 0.05) is 6.42 Å². The van der Waals surface area contributed by atoms with Crippen LogP contribution in [0.15, 0.2) is 0 Å². The van der Waals surface area contributed by atoms with Crippen LogP contribution in [0.5, 0.6) is 0 Å². The number of hydrogen-bond donors (Lipinski definition) is 0. The first-order chi connectivity index (χ1) is 12.6. The Hall–Kier alpha value is -0.530. The molecule has 0 N–H and O–H groups in total. The average Bonchev–Trinajstić information content (AvgIpc) is 2.61. The third kappa shape index (κ3) is 18.3. The van der Waals surface area contributed by atoms with E-state index in [1.54, 1.807) is 0 Å². The van der Waals surface area contributed by atoms with Crippen LogP contribution in [-0.4, -0.2) is 12.6 Å². The summed E-state index contributed by atoms with van der Waals surface area (Å²) in [5.74, 6) is 1.39. The molecule has 0 rings (SSSR count). The molecule has 0 aromatic carbocycles. The summed E-state index contributed by atoms with van der Waals surface area (Å²) in [5.41, 5.74) is 0. The Morgan fingerprint density at radius 3 is 1.73 bits per heavy atom. The number of carbonyl (C=O) groups excluding carboxylic acids is 1. The smallest absolute Gasteiger partial charge is 0.306 e. The summed E-state index contributed by atoms with van der Waals surface area (Å²) >= 11 is 0. The monoisotopic (exact) mass is 368 g/mol. The summed E-state index contributed by atoms with van der Waals surface area (Å²) < 4.78 is 5.52. The molecule has 0 fully saturated rings. The molecule has 0 saturated carbocycles. The molecule has 0 heterocycles. The van der Waals surface area contributed by atoms with E-state index in [-0.39, 0.29) is 5.97 Å². The second kappa shape index (κ2) is 19.2. The van der Waals surface area contributed by atoms with Crippen molar-refractivity contribution in [3.8, 4) is 0 Å². The average molecular weight is 369 g/mol. The van der Waals surface area contributed by atoms with E-state index < -0.39 is 0 Å². The molecule has 0 aliphatic rings. The molecule has 0 saturated heterocycles. The van der Waals surface area contributed by atoms with Crippen LogP contribution in [0.25, 0.3) is 0 Å². The van der Waals surface area contributed by atoms with E-state index in [2.05, 4.69) is 27.7 Å². The van der Waals surface area contributed by atoms with Gasteiger partial charge in [-0.15, -0.1) is 0 Å². The molecule has 2 heteroatoms. The molecular formula is C24H48O2. The van der Waals surface area contributed by atoms with Crippen molar-refractivity contribution in [2.75, 3.05) is 6.61 Å². The Balaban J connectivity index is 3.87. The molecule has 0 unspecified atom stereocenters. The van der Waals surface area contributed by atoms with Gasteiger partial charge >= 0.3 is 5.97 Å². The molecule has 156 valence electrons. The lowest BCUT2D eigenvalue weighted by Gasteiger charge is -2.16. The second-order valence-corrected chi connectivity index (χ2v) is 8.59. The zero-order valence-corrected chi connectivity index (χ0v) is 18.5. The zero-order valence-electron chi connectivity index (χ0n) is 18.5. The van der Waals surface area contributed by atoms with Crippen LogP contribution in [0.2, 0.25) is 0 Å². The molecule has 0 spiro atoms. The van der Waals surface area contributed by atoms with E-state index in [9.17, 15) is 4.79 Å². The highest BCUT2D eigenvalue weighted by molar-refractivity contribution is 5.69. The molecule has 26 heavy (non-hydrogen) atoms. The van der Waals surface area contributed by atoms with E-state index >= 15 is 0 Å². The lowest BCUT2D eigenvalue weighted by atomic mass is 9.92. The van der Waals surface area contributed by atoms with Crippen molar-refractivity contribution in [3.63, 3.8) is 0 Å². The quantitative estimate of drug-likeness (QED) is 0.170. The van der Waals surface area contributed by atoms with Gasteiger partial charge in [-0.25, -0.2) is 0 Å². The van der Waals surface area contributed by atoms with Gasteiger partial charge in [0.05, 0.1) is 6.61 Å². The predicted octanol–water partition coefficient (Wildman–Crippen LogP) is 8.08. The normalized spacial score (nSPS) is 11.5. The molecule has 0 aromatic rings. The highest BCUT2D eigenvalue weighted by Gasteiger charge is 2.14. The van der Waals surface area contributed by atoms with E-state index in [1.807, 2.05) is 0 Å². The van der Waals surface area contributed by atoms with Gasteiger partial charge in [0.25, 0.3) is 0 Å². The van der Waals surface area contributed by atoms with E-state index in [0.29, 0.717) is 18.9 Å². The molecular weight excluding hydrogens is 320 g/mol. The van der Waals surface area contributed by atoms with Gasteiger partial charge in [-0.2, -0.15) is 0 Å². The largest absolute Gasteiger partial charge is 0.466 e. The molecule has 0 atom stereocenters. The van der Waals surface area contributed by atoms with Crippen LogP contribution in [0.1, 0.15) is 130 Å². The van der Waals surface area contributed by atoms with Gasteiger partial charge in [-0.1, -0.05) is 105 Å². The molecule has 0 bridgehead atoms. The van der Waals surface area contributed by atoms with Gasteiger partial charge in [-0.3, -0.25) is 4.79 Å². The van der Waals surface area contributed by atoms with Crippen LogP contribution in [0.4, 0.5) is 0 Å². The van der Waals surface area contributed by atoms with Gasteiger partial charge in [0.15, 0.2) is 0 Å². The standard InChI is InChI=1S/C24H48O2/c1-5-7-9-14-18-23(19-15-10-8-6-2)21-24(25)26-20-16-12-11-13-17-22(3)4/h22-23H,5-21H2,1-4H3. The van der Waals surface area contributed by atoms with Crippen LogP contribution < -0.4 is 0 Å². The van der Waals surface area contributed by atoms with E-state index in [1.165, 1.54) is 89.9 Å². The van der Waals surface area contributed by atoms with E-state index in [4.69, 9.17) is 4.74 Å². The van der Waals surface area contributed by atoms with Gasteiger partial charge in [0.2, 0.25) is 0 Å². The highest BCUT2D eigenvalue weighted by Crippen LogP contribution is 2.22. The maximum Gasteiger partial charge on any atom is 0.306 e. The summed E-state index contributed by atoms with van der Waals surface area (Å²) in [4.78, 5) is 12.2. The lowest BCUT2D eigenvalue weighted by Crippen LogP contribution is -2.13. The van der Waals surface area contributed by atoms with Crippen molar-refractivity contribution in [3.05, 3.63) is 0 Å². The third-order valence-electron chi connectivity index (χ3n) is 5.33. The summed E-state index contributed by atoms with van der Waals surface area (Å²) in [7, 11) is 0. The van der Waals surface area contributed by atoms with Crippen molar-refractivity contribution in [1.82, 2.24) is 0 Å². The van der Waals surface area contributed by atoms with Gasteiger partial charge < -0.3 is 4.74 Å². The van der Waals surface area contributed by atoms with Crippen LogP contribution >= 0.6 is 0 Å². The fraction of sp³-hybridized carbons (Fsp3) is 0.958. The minimum absolute atomic E-state index is 0.0446. The van der Waals surface area contributed by atoms with Crippen molar-refractivity contribution >= 4 is 5.97 Å². The Bertz CT molecular complexity index is 287. The van der Waals surface area contributed by atoms with Crippen molar-refractivity contribution in [2.45, 2.75) is 130 Å². The number of rotatable bonds is 19. The predicted molar refractivity (Wildman–Crippen MR) is 115 cm³/mol. The summed E-state index contributed by atoms with van der Waals surface area (Å²) in [6, 6.07) is 0. The number of esters is 1. The van der Waals surface area contributed by atoms with Crippen molar-refractivity contribution < 1.29 is 9.53 Å². The van der Waals surface area contributed by atoms with Crippen molar-refractivity contribution in [1.29, 1.82) is 0 Å². The number of hydrogen-bond acceptors (Lipinski definition) is 2. The van der Waals surface area contributed by atoms with E-state index in [0.717, 1.165) is 12.3 Å². The first kappa shape index (κ1) is 25.5. The van der Waals surface area contributed by atoms with Crippen LogP contribution in [0.3, 0.4) is 0 Å². The Kier molecular flexibility index (Phi) is 18.8. The molecule has 0 aliphatic heterocycles. The minimum Gasteiger partial charge on any atom is -0.466 e. The molecule has 0 radical (unpaired) electrons. The first-order valence-corrected chi connectivity index (χ1v) is 11.8. The van der Waals surface area contributed by atoms with Crippen LogP contribution in [0, 0.1) is 11.8 Å². The number of ether oxygens (including phenoxy) is 1. The fourth-order valence-electron chi connectivity index (χ4n) is 3.56. The Morgan fingerprint density at radius 2 is 1.19 bits per heavy atom. The molecule has 0 aliphatic carbocycles. The van der Waals surface area contributed by atoms with Crippen molar-refractivity contribution in [2.24, 2.45) is 11.8 Å².